The van der Waals surface area contributed by atoms with E-state index >= 15 is 0 Å². The van der Waals surface area contributed by atoms with Gasteiger partial charge in [-0.1, -0.05) is 0 Å². The molecule has 0 saturated carbocycles. The summed E-state index contributed by atoms with van der Waals surface area (Å²) in [4.78, 5) is 36.8. The molecule has 1 aliphatic heterocycles. The quantitative estimate of drug-likeness (QED) is 0.719. The van der Waals surface area contributed by atoms with Crippen LogP contribution in [0, 0.1) is 0 Å². The van der Waals surface area contributed by atoms with E-state index in [4.69, 9.17) is 19.9 Å². The average Bonchev–Trinajstić information content (AvgIpc) is 2.64. The molecule has 2 amide bonds. The van der Waals surface area contributed by atoms with E-state index in [1.54, 1.807) is 17.0 Å². The smallest absolute Gasteiger partial charge is 0.320 e. The summed E-state index contributed by atoms with van der Waals surface area (Å²) in [5.74, 6) is 0.135. The highest BCUT2D eigenvalue weighted by Crippen LogP contribution is 2.29. The maximum atomic E-state index is 12.7. The first-order chi connectivity index (χ1) is 12.0. The fourth-order valence-corrected chi connectivity index (χ4v) is 3.49. The third kappa shape index (κ3) is 4.79. The predicted molar refractivity (Wildman–Crippen MR) is 91.8 cm³/mol. The highest BCUT2D eigenvalue weighted by molar-refractivity contribution is 8.00. The number of ether oxygens (including phenoxy) is 3. The second-order valence-corrected chi connectivity index (χ2v) is 6.57. The number of esters is 1. The van der Waals surface area contributed by atoms with Crippen LogP contribution in [0.25, 0.3) is 0 Å². The molecule has 1 aromatic carbocycles. The molecular weight excluding hydrogens is 348 g/mol. The van der Waals surface area contributed by atoms with Gasteiger partial charge in [0.1, 0.15) is 5.25 Å². The van der Waals surface area contributed by atoms with Crippen molar-refractivity contribution in [2.75, 3.05) is 39.7 Å². The van der Waals surface area contributed by atoms with Crippen LogP contribution in [0.2, 0.25) is 0 Å². The minimum atomic E-state index is -0.609. The lowest BCUT2D eigenvalue weighted by atomic mass is 10.1. The second-order valence-electron chi connectivity index (χ2n) is 5.25. The number of hydrogen-bond donors (Lipinski definition) is 1. The molecule has 1 heterocycles. The van der Waals surface area contributed by atoms with Crippen molar-refractivity contribution in [3.8, 4) is 11.5 Å². The van der Waals surface area contributed by atoms with Crippen LogP contribution in [0.5, 0.6) is 11.5 Å². The van der Waals surface area contributed by atoms with Crippen LogP contribution in [0.3, 0.4) is 0 Å². The summed E-state index contributed by atoms with van der Waals surface area (Å²) in [6.45, 7) is 0.547. The molecule has 0 bridgehead atoms. The molecular formula is C16H20N2O6S. The molecule has 0 radical (unpaired) electrons. The second kappa shape index (κ2) is 8.61. The Labute approximate surface area is 149 Å². The van der Waals surface area contributed by atoms with Crippen molar-refractivity contribution >= 4 is 29.5 Å². The third-order valence-corrected chi connectivity index (χ3v) is 4.76. The van der Waals surface area contributed by atoms with Crippen LogP contribution in [0.1, 0.15) is 10.4 Å². The molecule has 1 fully saturated rings. The highest BCUT2D eigenvalue weighted by atomic mass is 32.2. The van der Waals surface area contributed by atoms with Gasteiger partial charge in [0.25, 0.3) is 11.8 Å². The number of nitrogens with two attached hydrogens (primary N) is 1. The monoisotopic (exact) mass is 368 g/mol. The van der Waals surface area contributed by atoms with Gasteiger partial charge in [-0.25, -0.2) is 0 Å². The first-order valence-corrected chi connectivity index (χ1v) is 8.59. The lowest BCUT2D eigenvalue weighted by molar-refractivity contribution is -0.140. The highest BCUT2D eigenvalue weighted by Gasteiger charge is 2.30. The van der Waals surface area contributed by atoms with Gasteiger partial charge in [0, 0.05) is 24.4 Å². The molecule has 0 aromatic heterocycles. The molecule has 136 valence electrons. The standard InChI is InChI=1S/C16H20N2O6S/c1-22-12-7-10(3-4-11(12)24-9-14(17)19)15(20)18-5-6-25-13(8-18)16(21)23-2/h3-4,7,13H,5-6,8-9H2,1-2H3,(H2,17,19)/t13-/m1/s1. The van der Waals surface area contributed by atoms with Gasteiger partial charge in [-0.2, -0.15) is 0 Å². The molecule has 25 heavy (non-hydrogen) atoms. The predicted octanol–water partition coefficient (Wildman–Crippen LogP) is 0.290. The van der Waals surface area contributed by atoms with Gasteiger partial charge in [-0.3, -0.25) is 14.4 Å². The summed E-state index contributed by atoms with van der Waals surface area (Å²) in [6.07, 6.45) is 0. The number of rotatable bonds is 6. The van der Waals surface area contributed by atoms with Crippen LogP contribution in [0.4, 0.5) is 0 Å². The summed E-state index contributed by atoms with van der Waals surface area (Å²) in [5, 5.41) is -0.386. The van der Waals surface area contributed by atoms with Crippen LogP contribution < -0.4 is 15.2 Å². The van der Waals surface area contributed by atoms with Crippen molar-refractivity contribution in [3.63, 3.8) is 0 Å². The lowest BCUT2D eigenvalue weighted by Gasteiger charge is -2.31. The Morgan fingerprint density at radius 3 is 2.68 bits per heavy atom. The Balaban J connectivity index is 2.13. The Morgan fingerprint density at radius 1 is 1.28 bits per heavy atom. The van der Waals surface area contributed by atoms with Crippen molar-refractivity contribution in [1.29, 1.82) is 0 Å². The fraction of sp³-hybridized carbons (Fsp3) is 0.438. The van der Waals surface area contributed by atoms with E-state index in [2.05, 4.69) is 0 Å². The molecule has 0 spiro atoms. The Bertz CT molecular complexity index is 666. The minimum Gasteiger partial charge on any atom is -0.493 e. The zero-order valence-corrected chi connectivity index (χ0v) is 14.8. The van der Waals surface area contributed by atoms with Crippen molar-refractivity contribution in [2.45, 2.75) is 5.25 Å². The fourth-order valence-electron chi connectivity index (χ4n) is 2.36. The number of thioether (sulfide) groups is 1. The van der Waals surface area contributed by atoms with E-state index < -0.39 is 5.91 Å². The molecule has 1 aliphatic rings. The molecule has 8 nitrogen and oxygen atoms in total. The number of amides is 2. The molecule has 1 saturated heterocycles. The van der Waals surface area contributed by atoms with E-state index in [1.165, 1.54) is 32.0 Å². The van der Waals surface area contributed by atoms with Gasteiger partial charge >= 0.3 is 5.97 Å². The summed E-state index contributed by atoms with van der Waals surface area (Å²) in [7, 11) is 2.77. The van der Waals surface area contributed by atoms with E-state index in [-0.39, 0.29) is 23.7 Å². The Morgan fingerprint density at radius 2 is 2.04 bits per heavy atom. The molecule has 1 aromatic rings. The first-order valence-electron chi connectivity index (χ1n) is 7.54. The van der Waals surface area contributed by atoms with Gasteiger partial charge < -0.3 is 24.8 Å². The van der Waals surface area contributed by atoms with Crippen molar-refractivity contribution in [2.24, 2.45) is 5.73 Å². The van der Waals surface area contributed by atoms with E-state index in [1.807, 2.05) is 0 Å². The summed E-state index contributed by atoms with van der Waals surface area (Å²) < 4.78 is 15.2. The van der Waals surface area contributed by atoms with Crippen LogP contribution in [0.15, 0.2) is 18.2 Å². The third-order valence-electron chi connectivity index (χ3n) is 3.60. The van der Waals surface area contributed by atoms with Gasteiger partial charge in [0.05, 0.1) is 14.2 Å². The zero-order valence-electron chi connectivity index (χ0n) is 14.0. The van der Waals surface area contributed by atoms with E-state index in [0.29, 0.717) is 35.9 Å². The van der Waals surface area contributed by atoms with Gasteiger partial charge in [-0.15, -0.1) is 11.8 Å². The maximum absolute atomic E-state index is 12.7. The molecule has 9 heteroatoms. The van der Waals surface area contributed by atoms with Crippen molar-refractivity contribution < 1.29 is 28.6 Å². The number of nitrogens with zero attached hydrogens (tertiary/aromatic N) is 1. The topological polar surface area (TPSA) is 108 Å². The van der Waals surface area contributed by atoms with Gasteiger partial charge in [0.2, 0.25) is 0 Å². The minimum absolute atomic E-state index is 0.214. The van der Waals surface area contributed by atoms with Crippen LogP contribution in [-0.4, -0.2) is 67.6 Å². The lowest BCUT2D eigenvalue weighted by Crippen LogP contribution is -2.44. The molecule has 2 rings (SSSR count). The number of primary amides is 1. The van der Waals surface area contributed by atoms with Crippen LogP contribution >= 0.6 is 11.8 Å². The van der Waals surface area contributed by atoms with Gasteiger partial charge in [0.15, 0.2) is 18.1 Å². The van der Waals surface area contributed by atoms with E-state index in [0.717, 1.165) is 0 Å². The number of hydrogen-bond acceptors (Lipinski definition) is 7. The van der Waals surface area contributed by atoms with Crippen molar-refractivity contribution in [1.82, 2.24) is 4.90 Å². The normalized spacial score (nSPS) is 16.9. The number of methoxy groups -OCH3 is 2. The van der Waals surface area contributed by atoms with Crippen LogP contribution in [-0.2, 0) is 14.3 Å². The summed E-state index contributed by atoms with van der Waals surface area (Å²) in [6, 6.07) is 4.66. The maximum Gasteiger partial charge on any atom is 0.320 e. The SMILES string of the molecule is COC(=O)[C@H]1CN(C(=O)c2ccc(OCC(N)=O)c(OC)c2)CCS1. The number of carbonyl (C=O) groups excluding carboxylic acids is 3. The first kappa shape index (κ1) is 18.9. The Hall–Kier alpha value is -2.42. The largest absolute Gasteiger partial charge is 0.493 e. The van der Waals surface area contributed by atoms with E-state index in [9.17, 15) is 14.4 Å². The number of carbonyl (C=O) groups is 3. The van der Waals surface area contributed by atoms with Crippen molar-refractivity contribution in [3.05, 3.63) is 23.8 Å². The van der Waals surface area contributed by atoms with Gasteiger partial charge in [-0.05, 0) is 18.2 Å². The summed E-state index contributed by atoms with van der Waals surface area (Å²) >= 11 is 1.47. The number of benzene rings is 1. The summed E-state index contributed by atoms with van der Waals surface area (Å²) in [5.41, 5.74) is 5.45. The molecule has 0 unspecified atom stereocenters. The Kier molecular flexibility index (Phi) is 6.51. The average molecular weight is 368 g/mol. The molecule has 0 aliphatic carbocycles. The zero-order chi connectivity index (χ0) is 18.4. The molecule has 1 atom stereocenters. The molecule has 2 N–H and O–H groups in total.